The van der Waals surface area contributed by atoms with Gasteiger partial charge in [0.25, 0.3) is 0 Å². The first kappa shape index (κ1) is 15.1. The molecule has 110 valence electrons. The Labute approximate surface area is 124 Å². The van der Waals surface area contributed by atoms with Gasteiger partial charge >= 0.3 is 6.03 Å². The Morgan fingerprint density at radius 3 is 2.14 bits per heavy atom. The summed E-state index contributed by atoms with van der Waals surface area (Å²) in [5.74, 6) is -0.872. The number of nitrogens with one attached hydrogen (secondary N) is 2. The van der Waals surface area contributed by atoms with Gasteiger partial charge in [-0.05, 0) is 24.3 Å². The second-order valence-electron chi connectivity index (χ2n) is 4.12. The van der Waals surface area contributed by atoms with Crippen molar-refractivity contribution in [3.63, 3.8) is 0 Å². The lowest BCUT2D eigenvalue weighted by molar-refractivity contribution is 0.262. The number of halogens is 3. The van der Waals surface area contributed by atoms with E-state index in [9.17, 15) is 13.6 Å². The van der Waals surface area contributed by atoms with E-state index >= 15 is 0 Å². The smallest absolute Gasteiger partial charge is 0.323 e. The lowest BCUT2D eigenvalue weighted by Gasteiger charge is -2.09. The molecule has 0 radical (unpaired) electrons. The number of benzene rings is 2. The predicted molar refractivity (Wildman–Crippen MR) is 77.0 cm³/mol. The Kier molecular flexibility index (Phi) is 4.59. The number of urea groups is 1. The van der Waals surface area contributed by atoms with E-state index in [1.807, 2.05) is 0 Å². The van der Waals surface area contributed by atoms with E-state index in [-0.39, 0.29) is 22.1 Å². The van der Waals surface area contributed by atoms with Gasteiger partial charge < -0.3 is 15.4 Å². The molecule has 21 heavy (non-hydrogen) atoms. The van der Waals surface area contributed by atoms with Crippen LogP contribution >= 0.6 is 11.6 Å². The first-order valence-corrected chi connectivity index (χ1v) is 6.23. The third kappa shape index (κ3) is 4.32. The van der Waals surface area contributed by atoms with E-state index in [0.717, 1.165) is 18.2 Å². The van der Waals surface area contributed by atoms with Crippen LogP contribution in [0.5, 0.6) is 5.75 Å². The lowest BCUT2D eigenvalue weighted by atomic mass is 10.3. The molecule has 0 aliphatic carbocycles. The summed E-state index contributed by atoms with van der Waals surface area (Å²) < 4.78 is 31.3. The number of ether oxygens (including phenoxy) is 1. The number of hydrogen-bond donors (Lipinski definition) is 2. The van der Waals surface area contributed by atoms with Gasteiger partial charge in [-0.15, -0.1) is 0 Å². The molecule has 0 aliphatic rings. The van der Waals surface area contributed by atoms with Gasteiger partial charge in [0.1, 0.15) is 17.4 Å². The van der Waals surface area contributed by atoms with Gasteiger partial charge in [0, 0.05) is 28.5 Å². The fraction of sp³-hybridized carbons (Fsp3) is 0.0714. The highest BCUT2D eigenvalue weighted by molar-refractivity contribution is 6.30. The van der Waals surface area contributed by atoms with Crippen molar-refractivity contribution >= 4 is 29.0 Å². The van der Waals surface area contributed by atoms with Crippen LogP contribution in [0.4, 0.5) is 25.0 Å². The molecule has 0 saturated heterocycles. The average molecular weight is 313 g/mol. The fourth-order valence-corrected chi connectivity index (χ4v) is 1.89. The van der Waals surface area contributed by atoms with Crippen LogP contribution in [0.25, 0.3) is 0 Å². The van der Waals surface area contributed by atoms with Gasteiger partial charge in [-0.2, -0.15) is 0 Å². The first-order chi connectivity index (χ1) is 9.96. The highest BCUT2D eigenvalue weighted by atomic mass is 35.5. The molecule has 2 N–H and O–H groups in total. The molecule has 2 aromatic carbocycles. The van der Waals surface area contributed by atoms with E-state index in [1.54, 1.807) is 0 Å². The molecule has 0 fully saturated rings. The normalized spacial score (nSPS) is 10.1. The van der Waals surface area contributed by atoms with Gasteiger partial charge in [-0.3, -0.25) is 0 Å². The van der Waals surface area contributed by atoms with Gasteiger partial charge in [0.15, 0.2) is 0 Å². The maximum absolute atomic E-state index is 13.3. The van der Waals surface area contributed by atoms with Crippen molar-refractivity contribution in [2.75, 3.05) is 17.7 Å². The highest BCUT2D eigenvalue weighted by Gasteiger charge is 2.07. The van der Waals surface area contributed by atoms with E-state index in [4.69, 9.17) is 16.3 Å². The highest BCUT2D eigenvalue weighted by Crippen LogP contribution is 2.21. The third-order valence-electron chi connectivity index (χ3n) is 2.49. The van der Waals surface area contributed by atoms with Crippen LogP contribution in [0.1, 0.15) is 0 Å². The van der Waals surface area contributed by atoms with E-state index < -0.39 is 17.7 Å². The molecule has 4 nitrogen and oxygen atoms in total. The molecule has 2 rings (SSSR count). The van der Waals surface area contributed by atoms with Gasteiger partial charge in [0.2, 0.25) is 0 Å². The molecule has 0 saturated carbocycles. The van der Waals surface area contributed by atoms with Crippen molar-refractivity contribution in [1.82, 2.24) is 0 Å². The van der Waals surface area contributed by atoms with Crippen LogP contribution in [0.2, 0.25) is 5.02 Å². The Balaban J connectivity index is 2.09. The zero-order valence-corrected chi connectivity index (χ0v) is 11.7. The van der Waals surface area contributed by atoms with Gasteiger partial charge in [-0.1, -0.05) is 11.6 Å². The van der Waals surface area contributed by atoms with Crippen LogP contribution in [-0.4, -0.2) is 13.1 Å². The number of methoxy groups -OCH3 is 1. The first-order valence-electron chi connectivity index (χ1n) is 5.85. The molecular formula is C14H11ClF2N2O2. The number of amides is 2. The summed E-state index contributed by atoms with van der Waals surface area (Å²) in [6.45, 7) is 0. The maximum Gasteiger partial charge on any atom is 0.323 e. The minimum absolute atomic E-state index is 0.151. The van der Waals surface area contributed by atoms with Crippen molar-refractivity contribution in [1.29, 1.82) is 0 Å². The molecular weight excluding hydrogens is 302 g/mol. The molecule has 0 aliphatic heterocycles. The fourth-order valence-electron chi connectivity index (χ4n) is 1.67. The van der Waals surface area contributed by atoms with Crippen molar-refractivity contribution in [3.05, 3.63) is 53.1 Å². The molecule has 0 atom stereocenters. The van der Waals surface area contributed by atoms with Crippen molar-refractivity contribution in [2.45, 2.75) is 0 Å². The Morgan fingerprint density at radius 2 is 1.57 bits per heavy atom. The predicted octanol–water partition coefficient (Wildman–Crippen LogP) is 4.27. The number of hydrogen-bond acceptors (Lipinski definition) is 2. The minimum atomic E-state index is -0.663. The molecule has 7 heteroatoms. The van der Waals surface area contributed by atoms with Crippen molar-refractivity contribution in [3.8, 4) is 5.75 Å². The van der Waals surface area contributed by atoms with Crippen LogP contribution < -0.4 is 15.4 Å². The second kappa shape index (κ2) is 6.41. The molecule has 0 aromatic heterocycles. The van der Waals surface area contributed by atoms with E-state index in [2.05, 4.69) is 10.6 Å². The Morgan fingerprint density at radius 1 is 1.00 bits per heavy atom. The van der Waals surface area contributed by atoms with Crippen molar-refractivity contribution in [2.24, 2.45) is 0 Å². The van der Waals surface area contributed by atoms with Crippen LogP contribution in [0.3, 0.4) is 0 Å². The Bertz CT molecular complexity index is 660. The lowest BCUT2D eigenvalue weighted by Crippen LogP contribution is -2.19. The number of rotatable bonds is 3. The minimum Gasteiger partial charge on any atom is -0.497 e. The molecule has 0 unspecified atom stereocenters. The van der Waals surface area contributed by atoms with Crippen LogP contribution in [0, 0.1) is 11.6 Å². The molecule has 0 bridgehead atoms. The molecule has 0 spiro atoms. The summed E-state index contributed by atoms with van der Waals surface area (Å²) in [4.78, 5) is 11.8. The summed E-state index contributed by atoms with van der Waals surface area (Å²) >= 11 is 5.68. The topological polar surface area (TPSA) is 50.4 Å². The summed E-state index contributed by atoms with van der Waals surface area (Å²) in [5, 5.41) is 4.95. The van der Waals surface area contributed by atoms with Gasteiger partial charge in [-0.25, -0.2) is 13.6 Å². The summed E-state index contributed by atoms with van der Waals surface area (Å²) in [7, 11) is 1.38. The molecule has 2 amide bonds. The number of carbonyl (C=O) groups is 1. The number of carbonyl (C=O) groups excluding carboxylic acids is 1. The summed E-state index contributed by atoms with van der Waals surface area (Å²) in [5.41, 5.74) is 0.382. The summed E-state index contributed by atoms with van der Waals surface area (Å²) in [6.07, 6.45) is 0. The van der Waals surface area contributed by atoms with E-state index in [0.29, 0.717) is 0 Å². The standard InChI is InChI=1S/C14H11ClF2N2O2/c1-21-13-6-10(17)5-12(7-13)19-14(20)18-11-3-8(15)2-9(16)4-11/h2-7H,1H3,(H2,18,19,20). The van der Waals surface area contributed by atoms with E-state index in [1.165, 1.54) is 25.3 Å². The third-order valence-corrected chi connectivity index (χ3v) is 2.70. The maximum atomic E-state index is 13.3. The zero-order valence-electron chi connectivity index (χ0n) is 10.9. The van der Waals surface area contributed by atoms with Crippen LogP contribution in [-0.2, 0) is 0 Å². The average Bonchev–Trinajstić information content (AvgIpc) is 2.36. The SMILES string of the molecule is COc1cc(F)cc(NC(=O)Nc2cc(F)cc(Cl)c2)c1. The van der Waals surface area contributed by atoms with Crippen molar-refractivity contribution < 1.29 is 18.3 Å². The second-order valence-corrected chi connectivity index (χ2v) is 4.55. The monoisotopic (exact) mass is 312 g/mol. The number of anilines is 2. The molecule has 0 heterocycles. The zero-order chi connectivity index (χ0) is 15.4. The largest absolute Gasteiger partial charge is 0.497 e. The molecule has 2 aromatic rings. The van der Waals surface area contributed by atoms with Crippen LogP contribution in [0.15, 0.2) is 36.4 Å². The van der Waals surface area contributed by atoms with Gasteiger partial charge in [0.05, 0.1) is 7.11 Å². The summed E-state index contributed by atoms with van der Waals surface area (Å²) in [6, 6.07) is 6.69. The quantitative estimate of drug-likeness (QED) is 0.889. The Hall–Kier alpha value is -2.34.